The number of hydrogen-bond acceptors (Lipinski definition) is 12. The minimum Gasteiger partial charge on any atom is -0.465 e. The predicted molar refractivity (Wildman–Crippen MR) is 318 cm³/mol. The van der Waals surface area contributed by atoms with Gasteiger partial charge >= 0.3 is 35.8 Å². The van der Waals surface area contributed by atoms with Crippen LogP contribution in [0, 0.1) is 35.5 Å². The van der Waals surface area contributed by atoms with Gasteiger partial charge in [-0.05, 0) is 176 Å². The molecule has 0 heterocycles. The lowest BCUT2D eigenvalue weighted by Gasteiger charge is -2.16. The van der Waals surface area contributed by atoms with Crippen LogP contribution in [0.4, 0.5) is 0 Å². The van der Waals surface area contributed by atoms with Crippen LogP contribution in [-0.4, -0.2) is 78.5 Å². The first-order valence-electron chi connectivity index (χ1n) is 26.0. The zero-order valence-corrected chi connectivity index (χ0v) is 46.2. The summed E-state index contributed by atoms with van der Waals surface area (Å²) in [6, 6.07) is 53.8. The van der Waals surface area contributed by atoms with Gasteiger partial charge in [-0.3, -0.25) is 0 Å². The van der Waals surface area contributed by atoms with Gasteiger partial charge in [-0.15, -0.1) is 0 Å². The van der Waals surface area contributed by atoms with Crippen molar-refractivity contribution in [3.63, 3.8) is 0 Å². The second-order valence-corrected chi connectivity index (χ2v) is 19.0. The molecule has 408 valence electrons. The Balaban J connectivity index is 1.29. The fourth-order valence-corrected chi connectivity index (χ4v) is 9.68. The van der Waals surface area contributed by atoms with Gasteiger partial charge in [0, 0.05) is 33.4 Å². The number of fused-ring (bicyclic) bond motifs is 3. The molecule has 84 heavy (non-hydrogen) atoms. The summed E-state index contributed by atoms with van der Waals surface area (Å²) < 4.78 is 30.1. The third-order valence-corrected chi connectivity index (χ3v) is 14.2. The molecule has 0 saturated carbocycles. The van der Waals surface area contributed by atoms with Crippen LogP contribution in [0.25, 0.3) is 66.8 Å². The molecule has 0 bridgehead atoms. The average Bonchev–Trinajstić information content (AvgIpc) is 3.36. The van der Waals surface area contributed by atoms with Gasteiger partial charge in [0.05, 0.1) is 76.0 Å². The standard InChI is InChI=1S/C72H48O12/c1-79-67(73)49-19-7-43(8-20-49)61-37-55-31-32-57-39-63(45-11-23-51(24-12-45)69(75)81-3)65(47-15-27-53(28-16-47)71(77)83-5)41-59(57)35-36-60-42-66(48-17-29-54(30-18-48)72(78)84-6)64(46-13-25-52(26-14-46)70(76)82-4)40-58(60)34-33-56(55)38-62(61)44-9-21-50(22-10-44)68(74)80-2/h7-30,37-42H,1-6H3. The Morgan fingerprint density at radius 2 is 0.333 bits per heavy atom. The number of benzene rings is 9. The highest BCUT2D eigenvalue weighted by molar-refractivity contribution is 5.97. The van der Waals surface area contributed by atoms with Crippen LogP contribution in [0.2, 0.25) is 0 Å². The third-order valence-electron chi connectivity index (χ3n) is 14.2. The van der Waals surface area contributed by atoms with E-state index in [-0.39, 0.29) is 0 Å². The summed E-state index contributed by atoms with van der Waals surface area (Å²) in [7, 11) is 7.93. The molecule has 12 heteroatoms. The van der Waals surface area contributed by atoms with Crippen LogP contribution in [-0.2, 0) is 28.4 Å². The molecule has 9 aromatic rings. The van der Waals surface area contributed by atoms with Gasteiger partial charge in [-0.2, -0.15) is 0 Å². The van der Waals surface area contributed by atoms with E-state index >= 15 is 0 Å². The summed E-state index contributed by atoms with van der Waals surface area (Å²) in [6.07, 6.45) is 0. The lowest BCUT2D eigenvalue weighted by atomic mass is 9.87. The first kappa shape index (κ1) is 55.8. The monoisotopic (exact) mass is 1100 g/mol. The lowest BCUT2D eigenvalue weighted by Crippen LogP contribution is -2.01. The summed E-state index contributed by atoms with van der Waals surface area (Å²) in [5.74, 6) is 17.9. The number of carbonyl (C=O) groups is 6. The van der Waals surface area contributed by atoms with E-state index in [1.54, 1.807) is 72.8 Å². The molecular formula is C72H48O12. The Labute approximate surface area is 484 Å². The Kier molecular flexibility index (Phi) is 16.2. The van der Waals surface area contributed by atoms with Gasteiger partial charge in [0.15, 0.2) is 0 Å². The highest BCUT2D eigenvalue weighted by Crippen LogP contribution is 2.39. The van der Waals surface area contributed by atoms with Gasteiger partial charge in [0.2, 0.25) is 0 Å². The quantitative estimate of drug-likeness (QED) is 0.0649. The summed E-state index contributed by atoms with van der Waals surface area (Å²) >= 11 is 0. The highest BCUT2D eigenvalue weighted by Gasteiger charge is 2.20. The van der Waals surface area contributed by atoms with Crippen LogP contribution < -0.4 is 0 Å². The Morgan fingerprint density at radius 1 is 0.214 bits per heavy atom. The highest BCUT2D eigenvalue weighted by atomic mass is 16.5. The molecule has 1 aliphatic carbocycles. The first-order chi connectivity index (χ1) is 40.8. The lowest BCUT2D eigenvalue weighted by molar-refractivity contribution is 0.0592. The summed E-state index contributed by atoms with van der Waals surface area (Å²) in [5.41, 5.74) is 14.2. The van der Waals surface area contributed by atoms with Crippen molar-refractivity contribution in [2.24, 2.45) is 0 Å². The molecule has 12 nitrogen and oxygen atoms in total. The SMILES string of the molecule is COC(=O)c1ccc(-c2cc3c(cc2-c2ccc(C(=O)OC)cc2)C#Cc2cc(-c4ccc(C(=O)OC)cc4)c(-c4ccc(C(=O)OC)cc4)cc2C#Cc2cc(-c4ccc(C(=O)OC)cc4)c(-c4ccc(C(=O)OC)cc4)cc2C#C3)cc1. The minimum atomic E-state index is -0.495. The Bertz CT molecular complexity index is 3610. The number of methoxy groups -OCH3 is 6. The van der Waals surface area contributed by atoms with E-state index in [2.05, 4.69) is 35.5 Å². The summed E-state index contributed by atoms with van der Waals surface area (Å²) in [4.78, 5) is 76.0. The van der Waals surface area contributed by atoms with E-state index in [9.17, 15) is 28.8 Å². The molecule has 0 atom stereocenters. The van der Waals surface area contributed by atoms with Crippen molar-refractivity contribution < 1.29 is 57.2 Å². The van der Waals surface area contributed by atoms with Gasteiger partial charge in [-0.25, -0.2) is 28.8 Å². The first-order valence-corrected chi connectivity index (χ1v) is 26.0. The van der Waals surface area contributed by atoms with Gasteiger partial charge in [0.25, 0.3) is 0 Å². The molecule has 9 aromatic carbocycles. The molecule has 1 aliphatic rings. The zero-order chi connectivity index (χ0) is 59.0. The second-order valence-electron chi connectivity index (χ2n) is 19.0. The average molecular weight is 1110 g/mol. The number of esters is 6. The molecule has 0 radical (unpaired) electrons. The van der Waals surface area contributed by atoms with E-state index in [0.717, 1.165) is 66.8 Å². The molecule has 10 rings (SSSR count). The van der Waals surface area contributed by atoms with Crippen LogP contribution in [0.15, 0.2) is 182 Å². The molecule has 0 aliphatic heterocycles. The molecular weight excluding hydrogens is 1060 g/mol. The number of carbonyl (C=O) groups excluding carboxylic acids is 6. The molecule has 0 unspecified atom stereocenters. The number of rotatable bonds is 12. The van der Waals surface area contributed by atoms with Gasteiger partial charge in [-0.1, -0.05) is 108 Å². The van der Waals surface area contributed by atoms with Crippen LogP contribution in [0.1, 0.15) is 95.5 Å². The Hall–Kier alpha value is -11.5. The molecule has 0 saturated heterocycles. The van der Waals surface area contributed by atoms with Crippen molar-refractivity contribution in [3.05, 3.63) is 249 Å². The predicted octanol–water partition coefficient (Wildman–Crippen LogP) is 12.9. The van der Waals surface area contributed by atoms with Crippen molar-refractivity contribution in [1.29, 1.82) is 0 Å². The molecule has 0 fully saturated rings. The summed E-state index contributed by atoms with van der Waals surface area (Å²) in [5, 5.41) is 0. The van der Waals surface area contributed by atoms with Crippen molar-refractivity contribution in [3.8, 4) is 102 Å². The Morgan fingerprint density at radius 3 is 0.440 bits per heavy atom. The molecule has 0 spiro atoms. The van der Waals surface area contributed by atoms with Crippen molar-refractivity contribution in [1.82, 2.24) is 0 Å². The van der Waals surface area contributed by atoms with Gasteiger partial charge in [0.1, 0.15) is 0 Å². The van der Waals surface area contributed by atoms with Crippen LogP contribution >= 0.6 is 0 Å². The maximum atomic E-state index is 12.7. The maximum absolute atomic E-state index is 12.7. The second kappa shape index (κ2) is 24.5. The fourth-order valence-electron chi connectivity index (χ4n) is 9.68. The van der Waals surface area contributed by atoms with Crippen molar-refractivity contribution >= 4 is 35.8 Å². The van der Waals surface area contributed by atoms with E-state index in [4.69, 9.17) is 28.4 Å². The smallest absolute Gasteiger partial charge is 0.337 e. The maximum Gasteiger partial charge on any atom is 0.337 e. The van der Waals surface area contributed by atoms with E-state index in [1.807, 2.05) is 109 Å². The fraction of sp³-hybridized carbons (Fsp3) is 0.0833. The zero-order valence-electron chi connectivity index (χ0n) is 46.2. The van der Waals surface area contributed by atoms with Gasteiger partial charge < -0.3 is 28.4 Å². The van der Waals surface area contributed by atoms with E-state index < -0.39 is 35.8 Å². The summed E-state index contributed by atoms with van der Waals surface area (Å²) in [6.45, 7) is 0. The molecule has 0 aromatic heterocycles. The largest absolute Gasteiger partial charge is 0.465 e. The van der Waals surface area contributed by atoms with Crippen molar-refractivity contribution in [2.45, 2.75) is 0 Å². The van der Waals surface area contributed by atoms with Crippen LogP contribution in [0.5, 0.6) is 0 Å². The number of ether oxygens (including phenoxy) is 6. The normalized spacial score (nSPS) is 10.8. The minimum absolute atomic E-state index is 0.355. The number of hydrogen-bond donors (Lipinski definition) is 0. The van der Waals surface area contributed by atoms with E-state index in [1.165, 1.54) is 42.7 Å². The molecule has 0 N–H and O–H groups in total. The third kappa shape index (κ3) is 11.6. The van der Waals surface area contributed by atoms with Crippen molar-refractivity contribution in [2.75, 3.05) is 42.7 Å². The van der Waals surface area contributed by atoms with E-state index in [0.29, 0.717) is 66.8 Å². The van der Waals surface area contributed by atoms with Crippen LogP contribution in [0.3, 0.4) is 0 Å². The topological polar surface area (TPSA) is 158 Å². The molecule has 0 amide bonds.